The molecule has 0 bridgehead atoms. The maximum Gasteiger partial charge on any atom is 0.251 e. The van der Waals surface area contributed by atoms with E-state index in [0.717, 1.165) is 24.6 Å². The molecule has 1 aliphatic heterocycles. The highest BCUT2D eigenvalue weighted by Gasteiger charge is 2.22. The molecular weight excluding hydrogens is 465 g/mol. The topological polar surface area (TPSA) is 48.9 Å². The predicted octanol–water partition coefficient (Wildman–Crippen LogP) is 3.27. The molecule has 1 saturated heterocycles. The molecule has 154 valence electrons. The Morgan fingerprint density at radius 1 is 1.26 bits per heavy atom. The van der Waals surface area contributed by atoms with Crippen LogP contribution in [0.5, 0.6) is 5.75 Å². The van der Waals surface area contributed by atoms with E-state index in [1.165, 1.54) is 5.56 Å². The minimum Gasteiger partial charge on any atom is -0.489 e. The van der Waals surface area contributed by atoms with Crippen LogP contribution in [0.3, 0.4) is 0 Å². The monoisotopic (exact) mass is 496 g/mol. The second-order valence-electron chi connectivity index (χ2n) is 6.80. The number of ether oxygens (including phenoxy) is 1. The van der Waals surface area contributed by atoms with Crippen LogP contribution in [-0.4, -0.2) is 62.7 Å². The van der Waals surface area contributed by atoms with Gasteiger partial charge in [0.2, 0.25) is 0 Å². The van der Waals surface area contributed by atoms with E-state index in [4.69, 9.17) is 4.74 Å². The van der Waals surface area contributed by atoms with E-state index in [0.29, 0.717) is 19.6 Å². The Hall–Kier alpha value is -1.16. The maximum atomic E-state index is 12.4. The Kier molecular flexibility index (Phi) is 10.9. The SMILES string of the molecule is CN=C(NCC(C)Oc1ccc(C)cc1)NC1CCN(CC(F)F)CC1.I. The van der Waals surface area contributed by atoms with Crippen LogP contribution in [-0.2, 0) is 0 Å². The number of likely N-dealkylation sites (tertiary alicyclic amines) is 1. The third kappa shape index (κ3) is 9.05. The van der Waals surface area contributed by atoms with Gasteiger partial charge in [-0.1, -0.05) is 17.7 Å². The number of aliphatic imine (C=N–C) groups is 1. The van der Waals surface area contributed by atoms with E-state index in [2.05, 4.69) is 15.6 Å². The lowest BCUT2D eigenvalue weighted by Gasteiger charge is -2.32. The van der Waals surface area contributed by atoms with Crippen LogP contribution in [0.2, 0.25) is 0 Å². The number of alkyl halides is 2. The third-order valence-corrected chi connectivity index (χ3v) is 4.46. The van der Waals surface area contributed by atoms with Crippen molar-refractivity contribution >= 4 is 29.9 Å². The number of aryl methyl sites for hydroxylation is 1. The molecule has 0 saturated carbocycles. The molecule has 0 amide bonds. The van der Waals surface area contributed by atoms with Crippen molar-refractivity contribution < 1.29 is 13.5 Å². The summed E-state index contributed by atoms with van der Waals surface area (Å²) in [6.07, 6.45) is -0.598. The van der Waals surface area contributed by atoms with Gasteiger partial charge < -0.3 is 15.4 Å². The summed E-state index contributed by atoms with van der Waals surface area (Å²) in [7, 11) is 1.73. The van der Waals surface area contributed by atoms with Crippen molar-refractivity contribution in [1.29, 1.82) is 0 Å². The minimum atomic E-state index is -2.26. The van der Waals surface area contributed by atoms with Crippen molar-refractivity contribution in [2.75, 3.05) is 33.2 Å². The summed E-state index contributed by atoms with van der Waals surface area (Å²) < 4.78 is 30.8. The molecule has 5 nitrogen and oxygen atoms in total. The van der Waals surface area contributed by atoms with Gasteiger partial charge in [-0.25, -0.2) is 8.78 Å². The van der Waals surface area contributed by atoms with E-state index in [9.17, 15) is 8.78 Å². The normalized spacial score (nSPS) is 17.3. The lowest BCUT2D eigenvalue weighted by atomic mass is 10.1. The van der Waals surface area contributed by atoms with Gasteiger partial charge in [0.25, 0.3) is 6.43 Å². The predicted molar refractivity (Wildman–Crippen MR) is 117 cm³/mol. The minimum absolute atomic E-state index is 0. The van der Waals surface area contributed by atoms with Crippen LogP contribution in [0, 0.1) is 6.92 Å². The van der Waals surface area contributed by atoms with E-state index in [1.807, 2.05) is 43.0 Å². The first-order valence-corrected chi connectivity index (χ1v) is 9.17. The summed E-state index contributed by atoms with van der Waals surface area (Å²) in [5.41, 5.74) is 1.20. The first kappa shape index (κ1) is 23.9. The van der Waals surface area contributed by atoms with Crippen molar-refractivity contribution in [2.24, 2.45) is 4.99 Å². The summed E-state index contributed by atoms with van der Waals surface area (Å²) in [5, 5.41) is 6.65. The molecule has 27 heavy (non-hydrogen) atoms. The molecule has 0 aliphatic carbocycles. The third-order valence-electron chi connectivity index (χ3n) is 4.46. The Bertz CT molecular complexity index is 563. The Balaban J connectivity index is 0.00000364. The van der Waals surface area contributed by atoms with Crippen LogP contribution in [0.25, 0.3) is 0 Å². The molecule has 1 aliphatic rings. The lowest BCUT2D eigenvalue weighted by Crippen LogP contribution is -2.50. The van der Waals surface area contributed by atoms with Crippen molar-refractivity contribution in [3.05, 3.63) is 29.8 Å². The number of nitrogens with one attached hydrogen (secondary N) is 2. The first-order chi connectivity index (χ1) is 12.5. The van der Waals surface area contributed by atoms with Gasteiger partial charge in [-0.3, -0.25) is 9.89 Å². The Morgan fingerprint density at radius 2 is 1.89 bits per heavy atom. The second kappa shape index (κ2) is 12.3. The fourth-order valence-corrected chi connectivity index (χ4v) is 2.97. The average molecular weight is 496 g/mol. The summed E-state index contributed by atoms with van der Waals surface area (Å²) >= 11 is 0. The number of nitrogens with zero attached hydrogens (tertiary/aromatic N) is 2. The molecule has 1 fully saturated rings. The number of guanidine groups is 1. The first-order valence-electron chi connectivity index (χ1n) is 9.17. The molecule has 1 atom stereocenters. The molecule has 0 radical (unpaired) electrons. The van der Waals surface area contributed by atoms with Crippen molar-refractivity contribution in [1.82, 2.24) is 15.5 Å². The number of halogens is 3. The smallest absolute Gasteiger partial charge is 0.251 e. The fourth-order valence-electron chi connectivity index (χ4n) is 2.97. The van der Waals surface area contributed by atoms with E-state index in [1.54, 1.807) is 7.05 Å². The molecule has 0 aromatic heterocycles. The number of benzene rings is 1. The van der Waals surface area contributed by atoms with Crippen LogP contribution < -0.4 is 15.4 Å². The van der Waals surface area contributed by atoms with E-state index in [-0.39, 0.29) is 42.7 Å². The van der Waals surface area contributed by atoms with Crippen LogP contribution in [0.4, 0.5) is 8.78 Å². The van der Waals surface area contributed by atoms with Crippen molar-refractivity contribution in [3.63, 3.8) is 0 Å². The number of hydrogen-bond donors (Lipinski definition) is 2. The molecule has 1 unspecified atom stereocenters. The van der Waals surface area contributed by atoms with Gasteiger partial charge in [-0.2, -0.15) is 0 Å². The van der Waals surface area contributed by atoms with Crippen molar-refractivity contribution in [2.45, 2.75) is 45.3 Å². The zero-order valence-electron chi connectivity index (χ0n) is 16.3. The average Bonchev–Trinajstić information content (AvgIpc) is 2.61. The van der Waals surface area contributed by atoms with Gasteiger partial charge >= 0.3 is 0 Å². The van der Waals surface area contributed by atoms with E-state index < -0.39 is 6.43 Å². The van der Waals surface area contributed by atoms with Gasteiger partial charge in [0.1, 0.15) is 11.9 Å². The number of hydrogen-bond acceptors (Lipinski definition) is 3. The highest BCUT2D eigenvalue weighted by Crippen LogP contribution is 2.13. The molecule has 1 aromatic carbocycles. The van der Waals surface area contributed by atoms with Gasteiger partial charge in [0, 0.05) is 26.2 Å². The summed E-state index contributed by atoms with van der Waals surface area (Å²) in [4.78, 5) is 6.06. The lowest BCUT2D eigenvalue weighted by molar-refractivity contribution is 0.0744. The molecular formula is C19H31F2IN4O. The zero-order valence-corrected chi connectivity index (χ0v) is 18.6. The van der Waals surface area contributed by atoms with Gasteiger partial charge in [-0.15, -0.1) is 24.0 Å². The molecule has 8 heteroatoms. The van der Waals surface area contributed by atoms with Gasteiger partial charge in [0.15, 0.2) is 5.96 Å². The number of piperidine rings is 1. The molecule has 2 rings (SSSR count). The molecule has 0 spiro atoms. The fraction of sp³-hybridized carbons (Fsp3) is 0.632. The highest BCUT2D eigenvalue weighted by atomic mass is 127. The van der Waals surface area contributed by atoms with E-state index >= 15 is 0 Å². The largest absolute Gasteiger partial charge is 0.489 e. The maximum absolute atomic E-state index is 12.4. The van der Waals surface area contributed by atoms with Crippen molar-refractivity contribution in [3.8, 4) is 5.75 Å². The van der Waals surface area contributed by atoms with Crippen LogP contribution in [0.15, 0.2) is 29.3 Å². The summed E-state index contributed by atoms with van der Waals surface area (Å²) in [6, 6.07) is 8.23. The second-order valence-corrected chi connectivity index (χ2v) is 6.80. The molecule has 1 heterocycles. The van der Waals surface area contributed by atoms with Crippen LogP contribution in [0.1, 0.15) is 25.3 Å². The van der Waals surface area contributed by atoms with Crippen LogP contribution >= 0.6 is 24.0 Å². The standard InChI is InChI=1S/C19H30F2N4O.HI/c1-14-4-6-17(7-5-14)26-15(2)12-23-19(22-3)24-16-8-10-25(11-9-16)13-18(20)21;/h4-7,15-16,18H,8-13H2,1-3H3,(H2,22,23,24);1H. The Morgan fingerprint density at radius 3 is 2.44 bits per heavy atom. The Labute approximate surface area is 178 Å². The highest BCUT2D eigenvalue weighted by molar-refractivity contribution is 14.0. The molecule has 1 aromatic rings. The quantitative estimate of drug-likeness (QED) is 0.346. The summed E-state index contributed by atoms with van der Waals surface area (Å²) in [6.45, 7) is 5.91. The molecule has 2 N–H and O–H groups in total. The van der Waals surface area contributed by atoms with Gasteiger partial charge in [0.05, 0.1) is 13.1 Å². The van der Waals surface area contributed by atoms with Gasteiger partial charge in [-0.05, 0) is 38.8 Å². The zero-order chi connectivity index (χ0) is 18.9. The number of rotatable bonds is 7. The summed E-state index contributed by atoms with van der Waals surface area (Å²) in [5.74, 6) is 1.57.